The number of halogens is 1. The molecule has 0 radical (unpaired) electrons. The van der Waals surface area contributed by atoms with Gasteiger partial charge >= 0.3 is 0 Å². The van der Waals surface area contributed by atoms with Crippen molar-refractivity contribution in [1.29, 1.82) is 0 Å². The van der Waals surface area contributed by atoms with Crippen LogP contribution in [0.15, 0.2) is 15.9 Å². The molecule has 0 aromatic carbocycles. The molecule has 1 rings (SSSR count). The molecule has 6 heteroatoms. The molecule has 1 amide bonds. The number of hydrogen-bond acceptors (Lipinski definition) is 3. The monoisotopic (exact) mass is 337 g/mol. The van der Waals surface area contributed by atoms with Crippen molar-refractivity contribution < 1.29 is 9.00 Å². The molecule has 0 aliphatic carbocycles. The zero-order chi connectivity index (χ0) is 12.8. The standard InChI is InChI=1S/C11H16BrNO2S2/c1-13(2)11(14)4-3-7-17(15)8-9-5-6-10(12)16-9/h5-6H,3-4,7-8H2,1-2H3/t17-/m1/s1. The number of amides is 1. The summed E-state index contributed by atoms with van der Waals surface area (Å²) >= 11 is 4.99. The molecule has 0 saturated carbocycles. The van der Waals surface area contributed by atoms with Crippen molar-refractivity contribution in [2.75, 3.05) is 19.8 Å². The Morgan fingerprint density at radius 3 is 2.71 bits per heavy atom. The predicted octanol–water partition coefficient (Wildman–Crippen LogP) is 2.63. The second kappa shape index (κ2) is 7.28. The average Bonchev–Trinajstić information content (AvgIpc) is 2.63. The molecule has 1 heterocycles. The van der Waals surface area contributed by atoms with Crippen LogP contribution in [0.1, 0.15) is 17.7 Å². The van der Waals surface area contributed by atoms with Crippen molar-refractivity contribution in [2.45, 2.75) is 18.6 Å². The SMILES string of the molecule is CN(C)C(=O)CCC[S@@](=O)Cc1ccc(Br)s1. The highest BCUT2D eigenvalue weighted by Gasteiger charge is 2.07. The van der Waals surface area contributed by atoms with E-state index in [4.69, 9.17) is 0 Å². The van der Waals surface area contributed by atoms with E-state index < -0.39 is 10.8 Å². The van der Waals surface area contributed by atoms with Crippen LogP contribution in [-0.4, -0.2) is 34.9 Å². The van der Waals surface area contributed by atoms with Crippen LogP contribution in [0, 0.1) is 0 Å². The molecule has 96 valence electrons. The second-order valence-corrected chi connectivity index (χ2v) is 8.01. The Bertz CT molecular complexity index is 404. The summed E-state index contributed by atoms with van der Waals surface area (Å²) in [6.45, 7) is 0. The van der Waals surface area contributed by atoms with Gasteiger partial charge < -0.3 is 4.90 Å². The van der Waals surface area contributed by atoms with E-state index in [1.165, 1.54) is 0 Å². The van der Waals surface area contributed by atoms with E-state index in [9.17, 15) is 9.00 Å². The fourth-order valence-electron chi connectivity index (χ4n) is 1.27. The molecule has 1 atom stereocenters. The Hall–Kier alpha value is -0.200. The van der Waals surface area contributed by atoms with Gasteiger partial charge in [0.25, 0.3) is 0 Å². The van der Waals surface area contributed by atoms with Gasteiger partial charge in [0.05, 0.1) is 9.54 Å². The highest BCUT2D eigenvalue weighted by Crippen LogP contribution is 2.23. The molecule has 0 N–H and O–H groups in total. The third kappa shape index (κ3) is 5.79. The first-order chi connectivity index (χ1) is 7.99. The van der Waals surface area contributed by atoms with Gasteiger partial charge in [-0.15, -0.1) is 11.3 Å². The van der Waals surface area contributed by atoms with Crippen molar-refractivity contribution in [1.82, 2.24) is 4.90 Å². The first-order valence-electron chi connectivity index (χ1n) is 5.28. The topological polar surface area (TPSA) is 37.4 Å². The molecule has 17 heavy (non-hydrogen) atoms. The molecule has 0 fully saturated rings. The fraction of sp³-hybridized carbons (Fsp3) is 0.545. The van der Waals surface area contributed by atoms with E-state index in [2.05, 4.69) is 15.9 Å². The molecular weight excluding hydrogens is 322 g/mol. The lowest BCUT2D eigenvalue weighted by molar-refractivity contribution is -0.128. The van der Waals surface area contributed by atoms with Gasteiger partial charge in [-0.05, 0) is 34.5 Å². The lowest BCUT2D eigenvalue weighted by Crippen LogP contribution is -2.21. The Morgan fingerprint density at radius 2 is 2.18 bits per heavy atom. The van der Waals surface area contributed by atoms with Gasteiger partial charge in [-0.1, -0.05) is 0 Å². The first-order valence-corrected chi connectivity index (χ1v) is 8.38. The van der Waals surface area contributed by atoms with Crippen LogP contribution in [0.2, 0.25) is 0 Å². The van der Waals surface area contributed by atoms with E-state index in [0.717, 1.165) is 8.66 Å². The van der Waals surface area contributed by atoms with Crippen molar-refractivity contribution in [3.63, 3.8) is 0 Å². The minimum Gasteiger partial charge on any atom is -0.349 e. The molecule has 0 spiro atoms. The fourth-order valence-corrected chi connectivity index (χ4v) is 4.20. The van der Waals surface area contributed by atoms with Crippen molar-refractivity contribution in [2.24, 2.45) is 0 Å². The number of carbonyl (C=O) groups is 1. The Kier molecular flexibility index (Phi) is 6.37. The third-order valence-corrected chi connectivity index (χ3v) is 5.38. The number of carbonyl (C=O) groups excluding carboxylic acids is 1. The maximum atomic E-state index is 11.8. The highest BCUT2D eigenvalue weighted by atomic mass is 79.9. The van der Waals surface area contributed by atoms with Crippen LogP contribution >= 0.6 is 27.3 Å². The van der Waals surface area contributed by atoms with E-state index in [1.54, 1.807) is 30.3 Å². The van der Waals surface area contributed by atoms with E-state index in [1.807, 2.05) is 12.1 Å². The molecule has 3 nitrogen and oxygen atoms in total. The van der Waals surface area contributed by atoms with Crippen LogP contribution in [0.3, 0.4) is 0 Å². The summed E-state index contributed by atoms with van der Waals surface area (Å²) in [7, 11) is 2.61. The first kappa shape index (κ1) is 14.9. The molecule has 0 saturated heterocycles. The van der Waals surface area contributed by atoms with Crippen LogP contribution < -0.4 is 0 Å². The summed E-state index contributed by atoms with van der Waals surface area (Å²) in [5.74, 6) is 1.28. The molecule has 0 aliphatic rings. The van der Waals surface area contributed by atoms with E-state index in [-0.39, 0.29) is 5.91 Å². The molecule has 0 bridgehead atoms. The maximum absolute atomic E-state index is 11.8. The van der Waals surface area contributed by atoms with Crippen LogP contribution in [0.4, 0.5) is 0 Å². The second-order valence-electron chi connectivity index (χ2n) is 3.89. The van der Waals surface area contributed by atoms with E-state index >= 15 is 0 Å². The summed E-state index contributed by atoms with van der Waals surface area (Å²) < 4.78 is 12.8. The number of rotatable bonds is 6. The Balaban J connectivity index is 2.24. The number of hydrogen-bond donors (Lipinski definition) is 0. The maximum Gasteiger partial charge on any atom is 0.222 e. The minimum atomic E-state index is -0.868. The van der Waals surface area contributed by atoms with Gasteiger partial charge in [-0.2, -0.15) is 0 Å². The third-order valence-electron chi connectivity index (χ3n) is 2.19. The molecule has 1 aromatic rings. The van der Waals surface area contributed by atoms with Gasteiger partial charge in [0.15, 0.2) is 0 Å². The van der Waals surface area contributed by atoms with Crippen molar-refractivity contribution in [3.8, 4) is 0 Å². The van der Waals surface area contributed by atoms with Gasteiger partial charge in [-0.25, -0.2) is 0 Å². The highest BCUT2D eigenvalue weighted by molar-refractivity contribution is 9.11. The summed E-state index contributed by atoms with van der Waals surface area (Å²) in [6.07, 6.45) is 1.17. The molecule has 0 aliphatic heterocycles. The minimum absolute atomic E-state index is 0.0980. The molecule has 1 aromatic heterocycles. The average molecular weight is 338 g/mol. The van der Waals surface area contributed by atoms with E-state index in [0.29, 0.717) is 24.3 Å². The quantitative estimate of drug-likeness (QED) is 0.800. The normalized spacial score (nSPS) is 12.4. The smallest absolute Gasteiger partial charge is 0.222 e. The number of thiophene rings is 1. The lowest BCUT2D eigenvalue weighted by Gasteiger charge is -2.09. The zero-order valence-corrected chi connectivity index (χ0v) is 13.2. The summed E-state index contributed by atoms with van der Waals surface area (Å²) in [5.41, 5.74) is 0. The number of nitrogens with zero attached hydrogens (tertiary/aromatic N) is 1. The van der Waals surface area contributed by atoms with Gasteiger partial charge in [0.1, 0.15) is 0 Å². The zero-order valence-electron chi connectivity index (χ0n) is 9.94. The predicted molar refractivity (Wildman–Crippen MR) is 76.7 cm³/mol. The van der Waals surface area contributed by atoms with Gasteiger partial charge in [-0.3, -0.25) is 9.00 Å². The summed E-state index contributed by atoms with van der Waals surface area (Å²) in [5, 5.41) is 0. The summed E-state index contributed by atoms with van der Waals surface area (Å²) in [6, 6.07) is 3.95. The molecule has 0 unspecified atom stereocenters. The van der Waals surface area contributed by atoms with Crippen LogP contribution in [-0.2, 0) is 21.3 Å². The van der Waals surface area contributed by atoms with Crippen molar-refractivity contribution in [3.05, 3.63) is 20.8 Å². The molecular formula is C11H16BrNO2S2. The Morgan fingerprint density at radius 1 is 1.47 bits per heavy atom. The summed E-state index contributed by atoms with van der Waals surface area (Å²) in [4.78, 5) is 14.0. The van der Waals surface area contributed by atoms with Crippen LogP contribution in [0.25, 0.3) is 0 Å². The van der Waals surface area contributed by atoms with Crippen LogP contribution in [0.5, 0.6) is 0 Å². The van der Waals surface area contributed by atoms with Gasteiger partial charge in [0.2, 0.25) is 5.91 Å². The van der Waals surface area contributed by atoms with Gasteiger partial charge in [0, 0.05) is 41.9 Å². The largest absolute Gasteiger partial charge is 0.349 e. The van der Waals surface area contributed by atoms with Crippen molar-refractivity contribution >= 4 is 44.0 Å². The lowest BCUT2D eigenvalue weighted by atomic mass is 10.3. The Labute approximate surface area is 117 Å².